The van der Waals surface area contributed by atoms with Crippen LogP contribution in [0, 0.1) is 34.5 Å². The van der Waals surface area contributed by atoms with Crippen LogP contribution in [-0.4, -0.2) is 61.8 Å². The summed E-state index contributed by atoms with van der Waals surface area (Å²) in [6.45, 7) is 6.71. The van der Waals surface area contributed by atoms with E-state index in [2.05, 4.69) is 66.9 Å². The van der Waals surface area contributed by atoms with Gasteiger partial charge in [0.05, 0.1) is 26.4 Å². The fourth-order valence-electron chi connectivity index (χ4n) is 14.2. The van der Waals surface area contributed by atoms with E-state index in [-0.39, 0.29) is 19.2 Å². The second-order valence-corrected chi connectivity index (χ2v) is 21.3. The zero-order valence-corrected chi connectivity index (χ0v) is 39.8. The van der Waals surface area contributed by atoms with E-state index in [0.29, 0.717) is 40.3 Å². The fourth-order valence-corrected chi connectivity index (χ4v) is 14.3. The van der Waals surface area contributed by atoms with Crippen LogP contribution in [0.5, 0.6) is 11.5 Å². The number of ether oxygens (including phenoxy) is 3. The third-order valence-corrected chi connectivity index (χ3v) is 17.9. The smallest absolute Gasteiger partial charge is 0.337 e. The number of fused-ring (bicyclic) bond motifs is 10. The highest BCUT2D eigenvalue weighted by atomic mass is 35.5. The first-order valence-electron chi connectivity index (χ1n) is 24.6. The summed E-state index contributed by atoms with van der Waals surface area (Å²) in [4.78, 5) is 11.7. The van der Waals surface area contributed by atoms with Gasteiger partial charge in [0.2, 0.25) is 0 Å². The first kappa shape index (κ1) is 46.2. The molecule has 0 amide bonds. The van der Waals surface area contributed by atoms with E-state index in [9.17, 15) is 9.90 Å². The van der Waals surface area contributed by atoms with Crippen molar-refractivity contribution in [2.24, 2.45) is 34.5 Å². The molecule has 0 spiro atoms. The normalized spacial score (nSPS) is 31.1. The Bertz CT molecular complexity index is 2270. The van der Waals surface area contributed by atoms with Gasteiger partial charge in [0.25, 0.3) is 0 Å². The zero-order chi connectivity index (χ0) is 45.3. The molecule has 65 heavy (non-hydrogen) atoms. The lowest BCUT2D eigenvalue weighted by atomic mass is 9.55. The first-order chi connectivity index (χ1) is 31.5. The molecule has 10 rings (SSSR count). The molecule has 0 aromatic heterocycles. The van der Waals surface area contributed by atoms with Gasteiger partial charge < -0.3 is 35.1 Å². The average Bonchev–Trinajstić information content (AvgIpc) is 3.87. The van der Waals surface area contributed by atoms with E-state index >= 15 is 0 Å². The number of hydrogen-bond acceptors (Lipinski definition) is 8. The van der Waals surface area contributed by atoms with Crippen molar-refractivity contribution in [3.63, 3.8) is 0 Å². The predicted octanol–water partition coefficient (Wildman–Crippen LogP) is 10.6. The third-order valence-electron chi connectivity index (χ3n) is 17.7. The van der Waals surface area contributed by atoms with Gasteiger partial charge in [0.1, 0.15) is 24.2 Å². The van der Waals surface area contributed by atoms with Crippen LogP contribution in [0.1, 0.15) is 134 Å². The average molecular weight is 904 g/mol. The lowest BCUT2D eigenvalue weighted by molar-refractivity contribution is 0.0406. The van der Waals surface area contributed by atoms with Crippen LogP contribution in [0.25, 0.3) is 0 Å². The van der Waals surface area contributed by atoms with Gasteiger partial charge in [-0.1, -0.05) is 61.8 Å². The van der Waals surface area contributed by atoms with Crippen LogP contribution in [0.15, 0.2) is 84.9 Å². The molecule has 6 aliphatic carbocycles. The molecule has 9 heteroatoms. The zero-order valence-electron chi connectivity index (χ0n) is 39.0. The molecule has 4 saturated carbocycles. The highest BCUT2D eigenvalue weighted by molar-refractivity contribution is 6.30. The monoisotopic (exact) mass is 903 g/mol. The summed E-state index contributed by atoms with van der Waals surface area (Å²) >= 11 is 6.05. The van der Waals surface area contributed by atoms with E-state index < -0.39 is 6.10 Å². The summed E-state index contributed by atoms with van der Waals surface area (Å²) in [5, 5.41) is 27.2. The maximum absolute atomic E-state index is 11.7. The summed E-state index contributed by atoms with van der Waals surface area (Å²) in [6.07, 6.45) is 14.3. The van der Waals surface area contributed by atoms with E-state index in [1.54, 1.807) is 12.7 Å². The van der Waals surface area contributed by atoms with Crippen molar-refractivity contribution in [2.75, 3.05) is 27.4 Å². The number of carbonyl (C=O) groups excluding carboxylic acids is 1. The summed E-state index contributed by atoms with van der Waals surface area (Å²) in [5.41, 5.74) is 9.90. The fraction of sp³-hybridized carbons (Fsp3) is 0.554. The van der Waals surface area contributed by atoms with Crippen molar-refractivity contribution in [3.8, 4) is 11.5 Å². The number of aliphatic hydroxyl groups excluding tert-OH is 2. The Morgan fingerprint density at radius 1 is 0.692 bits per heavy atom. The van der Waals surface area contributed by atoms with E-state index in [0.717, 1.165) is 59.7 Å². The van der Waals surface area contributed by atoms with Crippen LogP contribution in [0.2, 0.25) is 5.02 Å². The Morgan fingerprint density at radius 2 is 1.20 bits per heavy atom. The number of nitrogens with one attached hydrogen (secondary N) is 2. The topological polar surface area (TPSA) is 109 Å². The number of aliphatic hydroxyl groups is 2. The SMILES string of the molecule is COC(=O)c1ccc(CN[C@H]2CC[C@H]3[C@@H]4CCc5cc(OC)ccc5[C@H]4CC[C@]23C)cc1.C[C@]12CC[C@@H]3c4ccc(OCC(O)CO)cc4CC[C@H]3[C@@H]1CC[C@@H]2NCc1ccc(Cl)cc1. The summed E-state index contributed by atoms with van der Waals surface area (Å²) in [6, 6.07) is 30.4. The van der Waals surface area contributed by atoms with E-state index in [4.69, 9.17) is 30.9 Å². The van der Waals surface area contributed by atoms with Gasteiger partial charge in [-0.05, 0) is 205 Å². The Hall–Kier alpha value is -3.92. The molecule has 4 N–H and O–H groups in total. The van der Waals surface area contributed by atoms with Gasteiger partial charge in [-0.2, -0.15) is 0 Å². The maximum atomic E-state index is 11.7. The largest absolute Gasteiger partial charge is 0.497 e. The number of carbonyl (C=O) groups is 1. The highest BCUT2D eigenvalue weighted by Crippen LogP contribution is 2.62. The Labute approximate surface area is 392 Å². The van der Waals surface area contributed by atoms with Crippen molar-refractivity contribution in [1.82, 2.24) is 10.6 Å². The Kier molecular flexibility index (Phi) is 14.0. The van der Waals surface area contributed by atoms with Gasteiger partial charge in [-0.3, -0.25) is 0 Å². The molecule has 0 radical (unpaired) electrons. The number of methoxy groups -OCH3 is 2. The van der Waals surface area contributed by atoms with Crippen molar-refractivity contribution >= 4 is 17.6 Å². The molecule has 0 heterocycles. The number of esters is 1. The number of rotatable bonds is 12. The van der Waals surface area contributed by atoms with Crippen LogP contribution in [0.4, 0.5) is 0 Å². The molecule has 8 nitrogen and oxygen atoms in total. The molecule has 4 aromatic rings. The van der Waals surface area contributed by atoms with Crippen LogP contribution >= 0.6 is 11.6 Å². The molecule has 1 unspecified atom stereocenters. The van der Waals surface area contributed by atoms with Gasteiger partial charge >= 0.3 is 5.97 Å². The standard InChI is InChI=1S/C28H36ClNO3.C28H35NO3/c1-28-13-12-24-23-9-7-22(33-17-21(32)16-31)14-19(23)4-8-25(24)26(28)10-11-27(28)30-15-18-2-5-20(29)6-3-18;1-28-15-14-23-22-11-9-21(31-2)16-20(22)8-10-24(23)25(28)12-13-26(28)29-17-18-4-6-19(7-5-18)27(30)32-3/h2-3,5-7,9,14,21,24-27,30-32H,4,8,10-13,15-17H2,1H3;4-7,9,11,16,23-26,29H,8,10,12-15,17H2,1-3H3/t21?,24-,25-,26+,27+,28+;23-,24-,25+,26+,28+/m11/s1. The second kappa shape index (κ2) is 19.7. The minimum Gasteiger partial charge on any atom is -0.497 e. The minimum absolute atomic E-state index is 0.131. The van der Waals surface area contributed by atoms with Crippen LogP contribution in [-0.2, 0) is 30.7 Å². The molecular weight excluding hydrogens is 832 g/mol. The number of halogens is 1. The van der Waals surface area contributed by atoms with E-state index in [1.165, 1.54) is 106 Å². The molecule has 11 atom stereocenters. The second-order valence-electron chi connectivity index (χ2n) is 20.8. The van der Waals surface area contributed by atoms with Crippen molar-refractivity contribution in [3.05, 3.63) is 129 Å². The number of hydrogen-bond donors (Lipinski definition) is 4. The predicted molar refractivity (Wildman–Crippen MR) is 258 cm³/mol. The van der Waals surface area contributed by atoms with E-state index in [1.807, 2.05) is 42.5 Å². The lowest BCUT2D eigenvalue weighted by Gasteiger charge is -2.51. The van der Waals surface area contributed by atoms with Crippen molar-refractivity contribution < 1.29 is 29.2 Å². The van der Waals surface area contributed by atoms with Crippen molar-refractivity contribution in [2.45, 2.75) is 134 Å². The summed E-state index contributed by atoms with van der Waals surface area (Å²) in [5.74, 6) is 6.03. The van der Waals surface area contributed by atoms with Crippen molar-refractivity contribution in [1.29, 1.82) is 0 Å². The maximum Gasteiger partial charge on any atom is 0.337 e. The minimum atomic E-state index is -0.829. The van der Waals surface area contributed by atoms with Gasteiger partial charge in [0, 0.05) is 30.2 Å². The molecule has 0 aliphatic heterocycles. The Balaban J connectivity index is 0.000000164. The third kappa shape index (κ3) is 9.37. The number of benzene rings is 4. The Morgan fingerprint density at radius 3 is 1.71 bits per heavy atom. The quantitative estimate of drug-likeness (QED) is 0.104. The molecule has 0 saturated heterocycles. The first-order valence-corrected chi connectivity index (χ1v) is 25.0. The summed E-state index contributed by atoms with van der Waals surface area (Å²) < 4.78 is 16.0. The molecule has 0 bridgehead atoms. The molecule has 4 aromatic carbocycles. The lowest BCUT2D eigenvalue weighted by Crippen LogP contribution is -2.48. The highest BCUT2D eigenvalue weighted by Gasteiger charge is 2.56. The molecular formula is C56H71ClN2O6. The van der Waals surface area contributed by atoms with Gasteiger partial charge in [-0.15, -0.1) is 0 Å². The molecule has 348 valence electrons. The van der Waals surface area contributed by atoms with Crippen LogP contribution < -0.4 is 20.1 Å². The van der Waals surface area contributed by atoms with Gasteiger partial charge in [0.15, 0.2) is 0 Å². The molecule has 4 fully saturated rings. The molecule has 6 aliphatic rings. The van der Waals surface area contributed by atoms with Crippen LogP contribution in [0.3, 0.4) is 0 Å². The summed E-state index contributed by atoms with van der Waals surface area (Å²) in [7, 11) is 3.18. The van der Waals surface area contributed by atoms with Gasteiger partial charge in [-0.25, -0.2) is 4.79 Å². The number of aryl methyl sites for hydroxylation is 2.